The van der Waals surface area contributed by atoms with Gasteiger partial charge < -0.3 is 15.4 Å². The molecular weight excluding hydrogens is 386 g/mol. The van der Waals surface area contributed by atoms with Crippen molar-refractivity contribution in [3.05, 3.63) is 63.7 Å². The summed E-state index contributed by atoms with van der Waals surface area (Å²) in [5, 5.41) is 0.649. The first-order valence-corrected chi connectivity index (χ1v) is 10.6. The Morgan fingerprint density at radius 2 is 1.72 bits per heavy atom. The fourth-order valence-electron chi connectivity index (χ4n) is 3.68. The van der Waals surface area contributed by atoms with Gasteiger partial charge in [0.05, 0.1) is 0 Å². The second-order valence-corrected chi connectivity index (χ2v) is 7.94. The molecule has 5 nitrogen and oxygen atoms in total. The molecule has 1 aliphatic heterocycles. The average Bonchev–Trinajstić information content (AvgIpc) is 2.74. The molecule has 0 bridgehead atoms. The van der Waals surface area contributed by atoms with Crippen LogP contribution in [0.5, 0.6) is 5.75 Å². The first kappa shape index (κ1) is 21.6. The van der Waals surface area contributed by atoms with Crippen LogP contribution in [0.1, 0.15) is 27.0 Å². The zero-order valence-corrected chi connectivity index (χ0v) is 18.0. The van der Waals surface area contributed by atoms with Gasteiger partial charge in [0.2, 0.25) is 0 Å². The number of ether oxygens (including phenoxy) is 1. The van der Waals surface area contributed by atoms with E-state index in [0.717, 1.165) is 44.9 Å². The molecule has 29 heavy (non-hydrogen) atoms. The van der Waals surface area contributed by atoms with Gasteiger partial charge >= 0.3 is 0 Å². The van der Waals surface area contributed by atoms with Crippen LogP contribution in [0, 0.1) is 13.8 Å². The number of carbonyl (C=O) groups excluding carboxylic acids is 1. The lowest BCUT2D eigenvalue weighted by Crippen LogP contribution is -2.49. The van der Waals surface area contributed by atoms with Crippen molar-refractivity contribution in [1.29, 1.82) is 0 Å². The Labute approximate surface area is 178 Å². The Morgan fingerprint density at radius 1 is 1.03 bits per heavy atom. The number of piperazine rings is 1. The summed E-state index contributed by atoms with van der Waals surface area (Å²) < 4.78 is 5.71. The third-order valence-corrected chi connectivity index (χ3v) is 5.93. The summed E-state index contributed by atoms with van der Waals surface area (Å²) in [5.41, 5.74) is 10.1. The molecule has 0 saturated carbocycles. The second-order valence-electron chi connectivity index (χ2n) is 7.50. The molecule has 0 unspecified atom stereocenters. The highest BCUT2D eigenvalue weighted by atomic mass is 35.5. The van der Waals surface area contributed by atoms with Crippen molar-refractivity contribution in [2.45, 2.75) is 20.3 Å². The number of nitrogens with two attached hydrogens (primary N) is 1. The number of halogens is 1. The van der Waals surface area contributed by atoms with E-state index in [0.29, 0.717) is 23.7 Å². The molecular formula is C23H30ClN3O2. The maximum atomic E-state index is 12.6. The Bertz CT molecular complexity index is 831. The van der Waals surface area contributed by atoms with Gasteiger partial charge in [0.1, 0.15) is 12.4 Å². The van der Waals surface area contributed by atoms with Crippen molar-refractivity contribution in [3.8, 4) is 5.75 Å². The van der Waals surface area contributed by atoms with Gasteiger partial charge in [-0.1, -0.05) is 17.7 Å². The minimum absolute atomic E-state index is 0.0841. The summed E-state index contributed by atoms with van der Waals surface area (Å²) in [7, 11) is 0. The van der Waals surface area contributed by atoms with Crippen molar-refractivity contribution in [2.75, 3.05) is 45.9 Å². The monoisotopic (exact) mass is 415 g/mol. The predicted octanol–water partition coefficient (Wildman–Crippen LogP) is 3.29. The normalized spacial score (nSPS) is 14.8. The van der Waals surface area contributed by atoms with E-state index in [2.05, 4.69) is 30.9 Å². The number of hydrogen-bond donors (Lipinski definition) is 1. The molecule has 2 aromatic rings. The lowest BCUT2D eigenvalue weighted by molar-refractivity contribution is 0.0638. The topological polar surface area (TPSA) is 58.8 Å². The van der Waals surface area contributed by atoms with Crippen LogP contribution in [0.3, 0.4) is 0 Å². The number of amides is 1. The van der Waals surface area contributed by atoms with Gasteiger partial charge in [-0.15, -0.1) is 0 Å². The molecule has 0 atom stereocenters. The van der Waals surface area contributed by atoms with E-state index in [4.69, 9.17) is 22.1 Å². The Kier molecular flexibility index (Phi) is 7.53. The lowest BCUT2D eigenvalue weighted by atomic mass is 9.99. The SMILES string of the molecule is Cc1c(CCN2CCN(C(=O)c3ccc(Cl)cc3)CC2)ccc(OCCN)c1C. The second kappa shape index (κ2) is 10.1. The Balaban J connectivity index is 1.50. The standard InChI is InChI=1S/C23H30ClN3O2/c1-17-18(2)22(29-16-10-25)8-5-19(17)9-11-26-12-14-27(15-13-26)23(28)20-3-6-21(24)7-4-20/h3-8H,9-16,25H2,1-2H3. The maximum Gasteiger partial charge on any atom is 0.253 e. The van der Waals surface area contributed by atoms with E-state index < -0.39 is 0 Å². The van der Waals surface area contributed by atoms with Crippen LogP contribution in [0.15, 0.2) is 36.4 Å². The third kappa shape index (κ3) is 5.50. The zero-order valence-electron chi connectivity index (χ0n) is 17.3. The number of hydrogen-bond acceptors (Lipinski definition) is 4. The number of benzene rings is 2. The first-order chi connectivity index (χ1) is 14.0. The van der Waals surface area contributed by atoms with Crippen molar-refractivity contribution in [2.24, 2.45) is 5.73 Å². The molecule has 0 radical (unpaired) electrons. The summed E-state index contributed by atoms with van der Waals surface area (Å²) in [6.45, 7) is 9.62. The van der Waals surface area contributed by atoms with Gasteiger partial charge in [0.25, 0.3) is 5.91 Å². The molecule has 0 aliphatic carbocycles. The van der Waals surface area contributed by atoms with Gasteiger partial charge in [-0.25, -0.2) is 0 Å². The van der Waals surface area contributed by atoms with Gasteiger partial charge in [-0.2, -0.15) is 0 Å². The molecule has 1 heterocycles. The molecule has 2 N–H and O–H groups in total. The predicted molar refractivity (Wildman–Crippen MR) is 118 cm³/mol. The van der Waals surface area contributed by atoms with Crippen LogP contribution in [-0.2, 0) is 6.42 Å². The van der Waals surface area contributed by atoms with E-state index in [1.807, 2.05) is 4.90 Å². The summed E-state index contributed by atoms with van der Waals surface area (Å²) in [5.74, 6) is 1.01. The summed E-state index contributed by atoms with van der Waals surface area (Å²) >= 11 is 5.91. The molecule has 3 rings (SSSR count). The zero-order chi connectivity index (χ0) is 20.8. The molecule has 6 heteroatoms. The van der Waals surface area contributed by atoms with E-state index >= 15 is 0 Å². The van der Waals surface area contributed by atoms with Gasteiger partial charge in [0.15, 0.2) is 0 Å². The van der Waals surface area contributed by atoms with Crippen molar-refractivity contribution in [3.63, 3.8) is 0 Å². The molecule has 1 fully saturated rings. The highest BCUT2D eigenvalue weighted by molar-refractivity contribution is 6.30. The molecule has 1 aliphatic rings. The van der Waals surface area contributed by atoms with Crippen LogP contribution in [0.4, 0.5) is 0 Å². The maximum absolute atomic E-state index is 12.6. The van der Waals surface area contributed by atoms with Crippen molar-refractivity contribution in [1.82, 2.24) is 9.80 Å². The minimum atomic E-state index is 0.0841. The first-order valence-electron chi connectivity index (χ1n) is 10.2. The van der Waals surface area contributed by atoms with Crippen LogP contribution in [0.25, 0.3) is 0 Å². The molecule has 0 aromatic heterocycles. The summed E-state index contributed by atoms with van der Waals surface area (Å²) in [6.07, 6.45) is 0.995. The number of carbonyl (C=O) groups is 1. The Morgan fingerprint density at radius 3 is 2.38 bits per heavy atom. The smallest absolute Gasteiger partial charge is 0.253 e. The van der Waals surface area contributed by atoms with Crippen LogP contribution < -0.4 is 10.5 Å². The van der Waals surface area contributed by atoms with E-state index in [1.165, 1.54) is 16.7 Å². The van der Waals surface area contributed by atoms with Gasteiger partial charge in [-0.05, 0) is 67.3 Å². The van der Waals surface area contributed by atoms with Crippen LogP contribution in [0.2, 0.25) is 5.02 Å². The molecule has 1 saturated heterocycles. The Hall–Kier alpha value is -2.08. The minimum Gasteiger partial charge on any atom is -0.492 e. The summed E-state index contributed by atoms with van der Waals surface area (Å²) in [4.78, 5) is 17.0. The third-order valence-electron chi connectivity index (χ3n) is 5.67. The average molecular weight is 416 g/mol. The van der Waals surface area contributed by atoms with E-state index in [1.54, 1.807) is 24.3 Å². The van der Waals surface area contributed by atoms with E-state index in [-0.39, 0.29) is 5.91 Å². The molecule has 1 amide bonds. The van der Waals surface area contributed by atoms with Crippen LogP contribution in [-0.4, -0.2) is 61.6 Å². The highest BCUT2D eigenvalue weighted by Gasteiger charge is 2.22. The molecule has 0 spiro atoms. The van der Waals surface area contributed by atoms with Crippen molar-refractivity contribution < 1.29 is 9.53 Å². The quantitative estimate of drug-likeness (QED) is 0.753. The van der Waals surface area contributed by atoms with E-state index in [9.17, 15) is 4.79 Å². The highest BCUT2D eigenvalue weighted by Crippen LogP contribution is 2.25. The van der Waals surface area contributed by atoms with Crippen molar-refractivity contribution >= 4 is 17.5 Å². The van der Waals surface area contributed by atoms with Gasteiger partial charge in [-0.3, -0.25) is 9.69 Å². The molecule has 156 valence electrons. The fourth-order valence-corrected chi connectivity index (χ4v) is 3.80. The number of nitrogens with zero attached hydrogens (tertiary/aromatic N) is 2. The van der Waals surface area contributed by atoms with Crippen LogP contribution >= 0.6 is 11.6 Å². The largest absolute Gasteiger partial charge is 0.492 e. The van der Waals surface area contributed by atoms with Gasteiger partial charge in [0, 0.05) is 49.9 Å². The molecule has 2 aromatic carbocycles. The summed E-state index contributed by atoms with van der Waals surface area (Å²) in [6, 6.07) is 11.3. The lowest BCUT2D eigenvalue weighted by Gasteiger charge is -2.35. The number of rotatable bonds is 7. The fraction of sp³-hybridized carbons (Fsp3) is 0.435.